The Bertz CT molecular complexity index is 1840. The maximum absolute atomic E-state index is 8.90. The minimum atomic E-state index is -0.00680. The van der Waals surface area contributed by atoms with Crippen LogP contribution >= 0.6 is 0 Å². The van der Waals surface area contributed by atoms with E-state index in [9.17, 15) is 0 Å². The Kier molecular flexibility index (Phi) is 6.47. The van der Waals surface area contributed by atoms with Gasteiger partial charge in [-0.3, -0.25) is 0 Å². The zero-order valence-corrected chi connectivity index (χ0v) is 19.8. The van der Waals surface area contributed by atoms with Crippen LogP contribution in [0.25, 0.3) is 50.7 Å². The van der Waals surface area contributed by atoms with Crippen molar-refractivity contribution < 1.29 is 17.7 Å². The fourth-order valence-corrected chi connectivity index (χ4v) is 4.17. The van der Waals surface area contributed by atoms with Crippen molar-refractivity contribution in [3.8, 4) is 46.9 Å². The summed E-state index contributed by atoms with van der Waals surface area (Å²) < 4.78 is 24.0. The third kappa shape index (κ3) is 4.38. The highest BCUT2D eigenvalue weighted by molar-refractivity contribution is 6.17. The summed E-state index contributed by atoms with van der Waals surface area (Å²) in [4.78, 5) is 0. The number of hydrogen-bond acceptors (Lipinski definition) is 8. The number of nitrogens with zero attached hydrogens (tertiary/aromatic N) is 4. The summed E-state index contributed by atoms with van der Waals surface area (Å²) in [5, 5.41) is 37.1. The van der Waals surface area contributed by atoms with E-state index in [1.165, 1.54) is 6.08 Å². The van der Waals surface area contributed by atoms with Crippen LogP contribution in [0.5, 0.6) is 0 Å². The van der Waals surface area contributed by atoms with Crippen molar-refractivity contribution in [2.45, 2.75) is 12.8 Å². The molecular formula is C30H16N4O4. The van der Waals surface area contributed by atoms with Gasteiger partial charge in [-0.1, -0.05) is 12.2 Å². The zero-order valence-electron chi connectivity index (χ0n) is 19.8. The molecule has 4 heterocycles. The molecule has 0 amide bonds. The maximum atomic E-state index is 8.90. The first-order valence-electron chi connectivity index (χ1n) is 11.5. The molecule has 1 aromatic carbocycles. The molecule has 0 bridgehead atoms. The molecule has 38 heavy (non-hydrogen) atoms. The van der Waals surface area contributed by atoms with Crippen molar-refractivity contribution in [3.05, 3.63) is 89.8 Å². The summed E-state index contributed by atoms with van der Waals surface area (Å²) in [6.07, 6.45) is 10.5. The third-order valence-corrected chi connectivity index (χ3v) is 5.85. The van der Waals surface area contributed by atoms with Crippen LogP contribution < -0.4 is 0 Å². The predicted molar refractivity (Wildman–Crippen MR) is 137 cm³/mol. The highest BCUT2D eigenvalue weighted by Crippen LogP contribution is 2.45. The van der Waals surface area contributed by atoms with Crippen LogP contribution in [0.1, 0.15) is 17.9 Å². The third-order valence-electron chi connectivity index (χ3n) is 5.85. The number of fused-ring (bicyclic) bond motifs is 2. The van der Waals surface area contributed by atoms with Gasteiger partial charge in [0.2, 0.25) is 0 Å². The number of nitriles is 4. The van der Waals surface area contributed by atoms with Crippen molar-refractivity contribution in [2.75, 3.05) is 0 Å². The first-order chi connectivity index (χ1) is 18.7. The second-order valence-corrected chi connectivity index (χ2v) is 8.09. The molecule has 0 atom stereocenters. The van der Waals surface area contributed by atoms with Crippen LogP contribution in [-0.2, 0) is 6.42 Å². The molecule has 180 valence electrons. The Morgan fingerprint density at radius 3 is 1.95 bits per heavy atom. The van der Waals surface area contributed by atoms with Crippen LogP contribution in [0.4, 0.5) is 0 Å². The average Bonchev–Trinajstić information content (AvgIpc) is 3.75. The van der Waals surface area contributed by atoms with E-state index >= 15 is 0 Å². The van der Waals surface area contributed by atoms with E-state index in [4.69, 9.17) is 38.7 Å². The van der Waals surface area contributed by atoms with E-state index in [2.05, 4.69) is 0 Å². The summed E-state index contributed by atoms with van der Waals surface area (Å²) in [6, 6.07) is 18.3. The lowest BCUT2D eigenvalue weighted by Crippen LogP contribution is -1.84. The van der Waals surface area contributed by atoms with Gasteiger partial charge in [0, 0.05) is 17.2 Å². The van der Waals surface area contributed by atoms with Crippen LogP contribution in [0.3, 0.4) is 0 Å². The molecule has 5 rings (SSSR count). The quantitative estimate of drug-likeness (QED) is 0.165. The van der Waals surface area contributed by atoms with E-state index in [-0.39, 0.29) is 11.1 Å². The molecule has 0 radical (unpaired) electrons. The molecule has 8 nitrogen and oxygen atoms in total. The van der Waals surface area contributed by atoms with Gasteiger partial charge >= 0.3 is 0 Å². The first kappa shape index (κ1) is 23.8. The van der Waals surface area contributed by atoms with Crippen LogP contribution in [-0.4, -0.2) is 0 Å². The summed E-state index contributed by atoms with van der Waals surface area (Å²) in [6.45, 7) is 0. The highest BCUT2D eigenvalue weighted by atomic mass is 16.4. The number of rotatable bonds is 7. The lowest BCUT2D eigenvalue weighted by atomic mass is 9.98. The fourth-order valence-electron chi connectivity index (χ4n) is 4.17. The Balaban J connectivity index is 1.53. The monoisotopic (exact) mass is 496 g/mol. The van der Waals surface area contributed by atoms with E-state index in [0.717, 1.165) is 21.9 Å². The molecule has 0 saturated heterocycles. The van der Waals surface area contributed by atoms with Crippen molar-refractivity contribution in [1.29, 1.82) is 21.0 Å². The van der Waals surface area contributed by atoms with E-state index in [0.29, 0.717) is 47.0 Å². The molecule has 0 saturated carbocycles. The number of hydrogen-bond donors (Lipinski definition) is 0. The smallest absolute Gasteiger partial charge is 0.146 e. The lowest BCUT2D eigenvalue weighted by molar-refractivity contribution is 0.522. The molecule has 0 fully saturated rings. The summed E-state index contributed by atoms with van der Waals surface area (Å²) in [5.74, 6) is 2.40. The Hall–Kier alpha value is -5.96. The Morgan fingerprint density at radius 1 is 0.711 bits per heavy atom. The van der Waals surface area contributed by atoms with Crippen molar-refractivity contribution in [2.24, 2.45) is 0 Å². The largest absolute Gasteiger partial charge is 0.464 e. The minimum Gasteiger partial charge on any atom is -0.464 e. The molecule has 0 N–H and O–H groups in total. The van der Waals surface area contributed by atoms with Gasteiger partial charge in [-0.25, -0.2) is 0 Å². The fraction of sp³-hybridized carbons (Fsp3) is 0.0667. The van der Waals surface area contributed by atoms with Gasteiger partial charge in [0.05, 0.1) is 23.7 Å². The first-order valence-corrected chi connectivity index (χ1v) is 11.5. The lowest BCUT2D eigenvalue weighted by Gasteiger charge is -2.07. The van der Waals surface area contributed by atoms with E-state index in [1.807, 2.05) is 42.5 Å². The van der Waals surface area contributed by atoms with Crippen LogP contribution in [0.2, 0.25) is 0 Å². The van der Waals surface area contributed by atoms with Crippen molar-refractivity contribution in [3.63, 3.8) is 0 Å². The molecule has 0 unspecified atom stereocenters. The zero-order chi connectivity index (χ0) is 26.5. The van der Waals surface area contributed by atoms with Gasteiger partial charge in [-0.2, -0.15) is 21.0 Å². The molecule has 0 aliphatic rings. The van der Waals surface area contributed by atoms with Gasteiger partial charge < -0.3 is 17.7 Å². The second-order valence-electron chi connectivity index (χ2n) is 8.09. The molecule has 5 aromatic rings. The number of allylic oxidation sites excluding steroid dienone is 5. The van der Waals surface area contributed by atoms with Gasteiger partial charge in [-0.05, 0) is 55.0 Å². The highest BCUT2D eigenvalue weighted by Gasteiger charge is 2.24. The minimum absolute atomic E-state index is 0.00680. The Morgan fingerprint density at radius 2 is 1.32 bits per heavy atom. The maximum Gasteiger partial charge on any atom is 0.146 e. The van der Waals surface area contributed by atoms with Gasteiger partial charge in [0.25, 0.3) is 0 Å². The summed E-state index contributed by atoms with van der Waals surface area (Å²) in [7, 11) is 0. The summed E-state index contributed by atoms with van der Waals surface area (Å²) in [5.41, 5.74) is 2.74. The van der Waals surface area contributed by atoms with E-state index in [1.54, 1.807) is 49.0 Å². The molecule has 0 aliphatic carbocycles. The SMILES string of the molecule is N#CC(C#N)=C/C=C/c1ccc(-c2c3ccoc3c(-c3ccc(CCC=C(C#N)C#N)o3)c3ccoc23)o1. The molecule has 8 heteroatoms. The van der Waals surface area contributed by atoms with Gasteiger partial charge in [-0.15, -0.1) is 0 Å². The molecule has 0 aliphatic heterocycles. The van der Waals surface area contributed by atoms with Crippen LogP contribution in [0.15, 0.2) is 96.0 Å². The van der Waals surface area contributed by atoms with E-state index < -0.39 is 0 Å². The molecular weight excluding hydrogens is 480 g/mol. The van der Waals surface area contributed by atoms with Crippen molar-refractivity contribution >= 4 is 28.0 Å². The normalized spacial score (nSPS) is 10.6. The molecule has 4 aromatic heterocycles. The number of benzene rings is 1. The topological polar surface area (TPSA) is 148 Å². The predicted octanol–water partition coefficient (Wildman–Crippen LogP) is 7.59. The standard InChI is InChI=1S/C30H16N4O4/c31-15-19(16-32)3-1-5-21-7-9-25(37-21)27-23-11-13-36-30(23)28(24-12-14-35-29(24)27)26-10-8-22(38-26)6-2-4-20(17-33)18-34/h1,3-5,7-14H,2,6H2/b5-1+. The molecule has 0 spiro atoms. The van der Waals surface area contributed by atoms with Gasteiger partial charge in [0.1, 0.15) is 69.6 Å². The second kappa shape index (κ2) is 10.3. The Labute approximate surface area is 216 Å². The summed E-state index contributed by atoms with van der Waals surface area (Å²) >= 11 is 0. The van der Waals surface area contributed by atoms with Crippen molar-refractivity contribution in [1.82, 2.24) is 0 Å². The number of furan rings is 4. The van der Waals surface area contributed by atoms with Gasteiger partial charge in [0.15, 0.2) is 0 Å². The van der Waals surface area contributed by atoms with Crippen LogP contribution in [0, 0.1) is 45.3 Å². The number of aryl methyl sites for hydroxylation is 1. The average molecular weight is 496 g/mol.